The smallest absolute Gasteiger partial charge is 0.0737 e. The first-order valence-electron chi connectivity index (χ1n) is 12.5. The van der Waals surface area contributed by atoms with Crippen molar-refractivity contribution in [1.82, 2.24) is 19.9 Å². The Bertz CT molecular complexity index is 1810. The van der Waals surface area contributed by atoms with Crippen LogP contribution in [0.4, 0.5) is 0 Å². The maximum Gasteiger partial charge on any atom is 0.0737 e. The highest BCUT2D eigenvalue weighted by Gasteiger charge is 2.15. The molecule has 7 rings (SSSR count). The predicted octanol–water partition coefficient (Wildman–Crippen LogP) is 8.73. The molecule has 0 amide bonds. The van der Waals surface area contributed by atoms with E-state index >= 15 is 0 Å². The summed E-state index contributed by atoms with van der Waals surface area (Å²) in [5, 5.41) is 0. The summed E-state index contributed by atoms with van der Waals surface area (Å²) in [5.41, 5.74) is 13.1. The minimum absolute atomic E-state index is 0.508. The van der Waals surface area contributed by atoms with E-state index in [4.69, 9.17) is 21.6 Å². The van der Waals surface area contributed by atoms with E-state index in [9.17, 15) is 0 Å². The minimum atomic E-state index is 0.508. The zero-order chi connectivity index (χ0) is 25.5. The highest BCUT2D eigenvalue weighted by atomic mass is 35.5. The molecule has 2 N–H and O–H groups in total. The molecule has 8 bridgehead atoms. The molecule has 0 aliphatic carbocycles. The van der Waals surface area contributed by atoms with Gasteiger partial charge >= 0.3 is 0 Å². The van der Waals surface area contributed by atoms with Crippen LogP contribution in [0.1, 0.15) is 28.3 Å². The molecule has 0 unspecified atom stereocenters. The molecule has 182 valence electrons. The summed E-state index contributed by atoms with van der Waals surface area (Å²) in [5.74, 6) is 0.508. The van der Waals surface area contributed by atoms with Crippen LogP contribution in [0.15, 0.2) is 91.0 Å². The summed E-state index contributed by atoms with van der Waals surface area (Å²) >= 11 is 6.00. The van der Waals surface area contributed by atoms with Gasteiger partial charge in [-0.2, -0.15) is 0 Å². The van der Waals surface area contributed by atoms with Crippen molar-refractivity contribution >= 4 is 58.0 Å². The molecule has 2 aliphatic rings. The van der Waals surface area contributed by atoms with E-state index in [1.165, 1.54) is 0 Å². The number of aromatic amines is 2. The average molecular weight is 511 g/mol. The van der Waals surface area contributed by atoms with Crippen LogP contribution in [0.5, 0.6) is 0 Å². The molecule has 0 radical (unpaired) electrons. The summed E-state index contributed by atoms with van der Waals surface area (Å²) < 4.78 is 0. The Hall–Kier alpha value is -4.67. The van der Waals surface area contributed by atoms with Crippen LogP contribution in [0.2, 0.25) is 0 Å². The quantitative estimate of drug-likeness (QED) is 0.233. The van der Waals surface area contributed by atoms with Crippen molar-refractivity contribution in [2.75, 3.05) is 0 Å². The van der Waals surface area contributed by atoms with Crippen molar-refractivity contribution in [3.63, 3.8) is 0 Å². The van der Waals surface area contributed by atoms with Gasteiger partial charge in [0, 0.05) is 33.5 Å². The van der Waals surface area contributed by atoms with Crippen molar-refractivity contribution < 1.29 is 0 Å². The van der Waals surface area contributed by atoms with E-state index in [0.29, 0.717) is 5.88 Å². The molecule has 2 aromatic carbocycles. The number of rotatable bonds is 3. The minimum Gasteiger partial charge on any atom is -0.355 e. The van der Waals surface area contributed by atoms with Crippen LogP contribution in [-0.4, -0.2) is 19.9 Å². The van der Waals surface area contributed by atoms with Crippen LogP contribution in [0.25, 0.3) is 68.6 Å². The summed E-state index contributed by atoms with van der Waals surface area (Å²) in [6.45, 7) is 0. The topological polar surface area (TPSA) is 57.4 Å². The largest absolute Gasteiger partial charge is 0.355 e. The number of benzene rings is 2. The van der Waals surface area contributed by atoms with Crippen LogP contribution >= 0.6 is 11.6 Å². The number of H-pyrrole nitrogens is 2. The number of hydrogen-bond donors (Lipinski definition) is 2. The summed E-state index contributed by atoms with van der Waals surface area (Å²) in [6, 6.07) is 31.5. The lowest BCUT2D eigenvalue weighted by atomic mass is 9.97. The monoisotopic (exact) mass is 510 g/mol. The van der Waals surface area contributed by atoms with Gasteiger partial charge in [0.1, 0.15) is 0 Å². The van der Waals surface area contributed by atoms with Gasteiger partial charge in [-0.05, 0) is 95.1 Å². The van der Waals surface area contributed by atoms with Gasteiger partial charge < -0.3 is 9.97 Å². The molecule has 0 saturated carbocycles. The lowest BCUT2D eigenvalue weighted by molar-refractivity contribution is 1.28. The number of halogens is 1. The molecular formula is C33H23ClN4. The second-order valence-electron chi connectivity index (χ2n) is 9.47. The molecule has 0 saturated heterocycles. The lowest BCUT2D eigenvalue weighted by Crippen LogP contribution is -1.90. The van der Waals surface area contributed by atoms with E-state index in [1.54, 1.807) is 0 Å². The van der Waals surface area contributed by atoms with Crippen molar-refractivity contribution in [2.24, 2.45) is 0 Å². The highest BCUT2D eigenvalue weighted by Crippen LogP contribution is 2.33. The molecule has 0 fully saturated rings. The zero-order valence-electron chi connectivity index (χ0n) is 20.4. The molecule has 5 heteroatoms. The van der Waals surface area contributed by atoms with E-state index in [1.807, 2.05) is 0 Å². The Morgan fingerprint density at radius 2 is 1.08 bits per heavy atom. The first kappa shape index (κ1) is 22.5. The number of fused-ring (bicyclic) bond motifs is 8. The van der Waals surface area contributed by atoms with Crippen molar-refractivity contribution in [3.05, 3.63) is 119 Å². The summed E-state index contributed by atoms with van der Waals surface area (Å²) in [6.07, 6.45) is 8.26. The zero-order valence-corrected chi connectivity index (χ0v) is 21.2. The van der Waals surface area contributed by atoms with E-state index in [2.05, 4.69) is 125 Å². The van der Waals surface area contributed by atoms with E-state index in [-0.39, 0.29) is 0 Å². The van der Waals surface area contributed by atoms with Gasteiger partial charge in [-0.3, -0.25) is 0 Å². The van der Waals surface area contributed by atoms with Gasteiger partial charge in [-0.25, -0.2) is 9.97 Å². The second-order valence-corrected chi connectivity index (χ2v) is 9.74. The second kappa shape index (κ2) is 9.33. The third-order valence-electron chi connectivity index (χ3n) is 6.81. The van der Waals surface area contributed by atoms with Crippen LogP contribution < -0.4 is 0 Å². The fourth-order valence-corrected chi connectivity index (χ4v) is 5.12. The van der Waals surface area contributed by atoms with Crippen LogP contribution in [-0.2, 0) is 5.88 Å². The third kappa shape index (κ3) is 4.36. The van der Waals surface area contributed by atoms with Gasteiger partial charge in [0.15, 0.2) is 0 Å². The Balaban J connectivity index is 1.48. The molecule has 0 atom stereocenters. The molecule has 5 aromatic rings. The molecule has 2 aliphatic heterocycles. The number of nitrogens with one attached hydrogen (secondary N) is 2. The van der Waals surface area contributed by atoms with E-state index in [0.717, 1.165) is 72.7 Å². The summed E-state index contributed by atoms with van der Waals surface area (Å²) in [7, 11) is 0. The first-order chi connectivity index (χ1) is 18.7. The average Bonchev–Trinajstić information content (AvgIpc) is 3.75. The Morgan fingerprint density at radius 3 is 1.66 bits per heavy atom. The normalized spacial score (nSPS) is 12.2. The fraction of sp³-hybridized carbons (Fsp3) is 0.0303. The van der Waals surface area contributed by atoms with Crippen LogP contribution in [0, 0.1) is 0 Å². The fourth-order valence-electron chi connectivity index (χ4n) is 4.94. The molecule has 5 heterocycles. The molecule has 38 heavy (non-hydrogen) atoms. The predicted molar refractivity (Wildman–Crippen MR) is 159 cm³/mol. The Kier molecular flexibility index (Phi) is 5.53. The number of nitrogens with zero attached hydrogens (tertiary/aromatic N) is 2. The molecule has 0 spiro atoms. The Morgan fingerprint density at radius 1 is 0.526 bits per heavy atom. The van der Waals surface area contributed by atoms with Crippen molar-refractivity contribution in [3.8, 4) is 22.3 Å². The molecule has 3 aromatic heterocycles. The SMILES string of the molecule is ClCc1ccc(-c2cccc(-c3c4nc(cc5ccc(cc6ccc(cc7nc3C=C7)[nH]6)[nH]5)C=C4)c2)cc1. The summed E-state index contributed by atoms with van der Waals surface area (Å²) in [4.78, 5) is 16.9. The van der Waals surface area contributed by atoms with Gasteiger partial charge in [0.2, 0.25) is 0 Å². The Labute approximate surface area is 225 Å². The number of aromatic nitrogens is 4. The van der Waals surface area contributed by atoms with Crippen molar-refractivity contribution in [1.29, 1.82) is 0 Å². The maximum atomic E-state index is 6.00. The number of alkyl halides is 1. The first-order valence-corrected chi connectivity index (χ1v) is 13.1. The number of hydrogen-bond acceptors (Lipinski definition) is 2. The van der Waals surface area contributed by atoms with Gasteiger partial charge in [-0.15, -0.1) is 11.6 Å². The van der Waals surface area contributed by atoms with E-state index < -0.39 is 0 Å². The van der Waals surface area contributed by atoms with Crippen molar-refractivity contribution in [2.45, 2.75) is 5.88 Å². The van der Waals surface area contributed by atoms with Gasteiger partial charge in [-0.1, -0.05) is 42.5 Å². The van der Waals surface area contributed by atoms with Gasteiger partial charge in [0.25, 0.3) is 0 Å². The molecular weight excluding hydrogens is 488 g/mol. The van der Waals surface area contributed by atoms with Gasteiger partial charge in [0.05, 0.1) is 22.8 Å². The standard InChI is InChI=1S/C33H23ClN4/c34-20-21-4-6-22(7-5-21)23-2-1-3-24(16-23)33-31-14-12-29(37-31)18-27-10-8-25(35-27)17-26-9-11-28(36-26)19-30-13-15-32(33)38-30/h1-19,35-36H,20H2. The maximum absolute atomic E-state index is 6.00. The molecule has 4 nitrogen and oxygen atoms in total. The van der Waals surface area contributed by atoms with Crippen LogP contribution in [0.3, 0.4) is 0 Å². The lowest BCUT2D eigenvalue weighted by Gasteiger charge is -2.09. The highest BCUT2D eigenvalue weighted by molar-refractivity contribution is 6.17. The third-order valence-corrected chi connectivity index (χ3v) is 7.12.